The van der Waals surface area contributed by atoms with Gasteiger partial charge in [0.05, 0.1) is 0 Å². The van der Waals surface area contributed by atoms with Gasteiger partial charge in [-0.05, 0) is 68.4 Å². The van der Waals surface area contributed by atoms with E-state index < -0.39 is 6.04 Å². The van der Waals surface area contributed by atoms with Crippen LogP contribution in [0.25, 0.3) is 11.0 Å². The molecule has 1 aliphatic heterocycles. The third-order valence-electron chi connectivity index (χ3n) is 7.70. The van der Waals surface area contributed by atoms with E-state index in [0.717, 1.165) is 48.6 Å². The molecule has 2 heterocycles. The number of likely N-dealkylation sites (tertiary alicyclic amines) is 1. The summed E-state index contributed by atoms with van der Waals surface area (Å²) < 4.78 is 5.29. The Kier molecular flexibility index (Phi) is 7.99. The van der Waals surface area contributed by atoms with Gasteiger partial charge in [0, 0.05) is 46.9 Å². The van der Waals surface area contributed by atoms with Gasteiger partial charge in [-0.1, -0.05) is 42.5 Å². The van der Waals surface area contributed by atoms with Crippen molar-refractivity contribution >= 4 is 28.5 Å². The second-order valence-corrected chi connectivity index (χ2v) is 9.86. The number of carbonyl (C=O) groups excluding carboxylic acids is 2. The number of anilines is 1. The number of amides is 2. The van der Waals surface area contributed by atoms with Crippen molar-refractivity contribution < 1.29 is 30.8 Å². The monoisotopic (exact) mass is 517 g/mol. The van der Waals surface area contributed by atoms with Crippen molar-refractivity contribution in [1.29, 1.82) is 0 Å². The van der Waals surface area contributed by atoms with E-state index in [9.17, 15) is 9.59 Å². The van der Waals surface area contributed by atoms with Crippen LogP contribution in [0.5, 0.6) is 0 Å². The van der Waals surface area contributed by atoms with Gasteiger partial charge >= 0.3 is 0 Å². The van der Waals surface area contributed by atoms with Crippen molar-refractivity contribution in [2.75, 3.05) is 11.9 Å². The van der Waals surface area contributed by atoms with E-state index in [1.54, 1.807) is 6.07 Å². The molecule has 7 heteroatoms. The van der Waals surface area contributed by atoms with Gasteiger partial charge in [-0.3, -0.25) is 9.59 Å². The molecule has 0 spiro atoms. The number of carbonyl (C=O) groups is 2. The van der Waals surface area contributed by atoms with E-state index in [4.69, 9.17) is 10.2 Å². The van der Waals surface area contributed by atoms with Crippen LogP contribution in [0.15, 0.2) is 59.0 Å². The fourth-order valence-electron chi connectivity index (χ4n) is 5.74. The van der Waals surface area contributed by atoms with Crippen molar-refractivity contribution in [1.82, 2.24) is 4.90 Å². The molecule has 0 bridgehead atoms. The van der Waals surface area contributed by atoms with Gasteiger partial charge in [0.2, 0.25) is 11.8 Å². The molecule has 1 saturated carbocycles. The van der Waals surface area contributed by atoms with Gasteiger partial charge in [0.1, 0.15) is 6.04 Å². The first kappa shape index (κ1) is 25.5. The number of nitrogens with two attached hydrogens (primary N) is 1. The summed E-state index contributed by atoms with van der Waals surface area (Å²) in [5.41, 5.74) is 8.61. The summed E-state index contributed by atoms with van der Waals surface area (Å²) in [4.78, 5) is 29.2. The fraction of sp³-hybridized carbons (Fsp3) is 0.429. The van der Waals surface area contributed by atoms with Crippen LogP contribution in [0.1, 0.15) is 50.5 Å². The minimum Gasteiger partial charge on any atom is -0.591 e. The van der Waals surface area contributed by atoms with Gasteiger partial charge < -0.3 is 20.4 Å². The molecule has 3 atom stereocenters. The Morgan fingerprint density at radius 3 is 2.54 bits per heavy atom. The number of rotatable bonds is 5. The first-order valence-electron chi connectivity index (χ1n) is 12.3. The topological polar surface area (TPSA) is 88.6 Å². The summed E-state index contributed by atoms with van der Waals surface area (Å²) in [6.45, 7) is 2.65. The van der Waals surface area contributed by atoms with E-state index >= 15 is 0 Å². The number of fused-ring (bicyclic) bond motifs is 1. The van der Waals surface area contributed by atoms with E-state index in [1.807, 2.05) is 41.3 Å². The Morgan fingerprint density at radius 2 is 1.83 bits per heavy atom. The summed E-state index contributed by atoms with van der Waals surface area (Å²) in [5, 5.41) is 3.95. The van der Waals surface area contributed by atoms with Crippen LogP contribution < -0.4 is 11.1 Å². The first-order chi connectivity index (χ1) is 16.5. The molecule has 2 fully saturated rings. The predicted molar refractivity (Wildman–Crippen MR) is 132 cm³/mol. The molecule has 6 nitrogen and oxygen atoms in total. The largest absolute Gasteiger partial charge is 0.591 e. The number of hydrogen-bond acceptors (Lipinski definition) is 4. The van der Waals surface area contributed by atoms with Gasteiger partial charge in [0.25, 0.3) is 0 Å². The Balaban J connectivity index is 0.00000289. The fourth-order valence-corrected chi connectivity index (χ4v) is 5.74. The molecular weight excluding hydrogens is 485 g/mol. The van der Waals surface area contributed by atoms with Crippen molar-refractivity contribution in [3.8, 4) is 0 Å². The minimum atomic E-state index is -0.535. The van der Waals surface area contributed by atoms with E-state index in [-0.39, 0.29) is 46.5 Å². The first-order valence-corrected chi connectivity index (χ1v) is 12.3. The predicted octanol–water partition coefficient (Wildman–Crippen LogP) is 4.71. The molecule has 3 N–H and O–H groups in total. The van der Waals surface area contributed by atoms with Crippen LogP contribution >= 0.6 is 0 Å². The summed E-state index contributed by atoms with van der Waals surface area (Å²) in [7, 11) is 0. The molecule has 1 aromatic heterocycles. The zero-order valence-corrected chi connectivity index (χ0v) is 20.9. The molecule has 5 rings (SSSR count). The van der Waals surface area contributed by atoms with Crippen LogP contribution in [-0.4, -0.2) is 35.3 Å². The van der Waals surface area contributed by atoms with Crippen molar-refractivity contribution in [3.05, 3.63) is 66.4 Å². The van der Waals surface area contributed by atoms with Gasteiger partial charge in [0.15, 0.2) is 0 Å². The maximum Gasteiger partial charge on any atom is 0.247 e. The van der Waals surface area contributed by atoms with Gasteiger partial charge in [-0.15, -0.1) is 11.5 Å². The molecular formula is C28H32CoN3O3-. The standard InChI is InChI=1S/C28H32N3O3.Co/c1-18(29)19-7-9-21(10-8-19)28(33)31-15-13-24(20-5-3-2-4-6-20)26(31)27(32)30-23-11-12-25-22(17-23)14-16-34-25;/h2-6,11-12,14,17-19,21,24,26H,7-10,13,15,29H2,1H3,(H,30,32);/q-1;/t18?,19?,21?,24?,26-;/m0./s1. The maximum atomic E-state index is 13.7. The summed E-state index contributed by atoms with van der Waals surface area (Å²) in [6.07, 6.45) is 7.14. The van der Waals surface area contributed by atoms with E-state index in [2.05, 4.69) is 30.6 Å². The second kappa shape index (κ2) is 11.0. The van der Waals surface area contributed by atoms with Gasteiger partial charge in [-0.2, -0.15) is 0 Å². The normalized spacial score (nSPS) is 25.1. The van der Waals surface area contributed by atoms with Crippen LogP contribution in [0, 0.1) is 18.1 Å². The molecule has 2 aromatic carbocycles. The second-order valence-electron chi connectivity index (χ2n) is 9.86. The van der Waals surface area contributed by atoms with Crippen molar-refractivity contribution in [2.24, 2.45) is 17.6 Å². The smallest absolute Gasteiger partial charge is 0.247 e. The third-order valence-corrected chi connectivity index (χ3v) is 7.70. The average Bonchev–Trinajstić information content (AvgIpc) is 3.51. The Bertz CT molecular complexity index is 1150. The molecule has 1 saturated heterocycles. The van der Waals surface area contributed by atoms with Crippen LogP contribution in [-0.2, 0) is 26.4 Å². The Hall–Kier alpha value is -2.61. The molecule has 2 amide bonds. The SMILES string of the molecule is CC(N)C1CCC(C(=O)N2CCC(c3ccccc3)[C@H]2C(=O)Nc2ccc3o[c-]cc3c2)CC1.[Co]. The molecule has 2 unspecified atom stereocenters. The number of benzene rings is 2. The number of hydrogen-bond donors (Lipinski definition) is 2. The minimum absolute atomic E-state index is 0. The van der Waals surface area contributed by atoms with E-state index in [1.165, 1.54) is 0 Å². The summed E-state index contributed by atoms with van der Waals surface area (Å²) in [5.74, 6) is 0.389. The van der Waals surface area contributed by atoms with Crippen LogP contribution in [0.2, 0.25) is 0 Å². The quantitative estimate of drug-likeness (QED) is 0.480. The molecule has 1 aliphatic carbocycles. The van der Waals surface area contributed by atoms with Crippen molar-refractivity contribution in [3.63, 3.8) is 0 Å². The molecule has 1 radical (unpaired) electrons. The Morgan fingerprint density at radius 1 is 1.09 bits per heavy atom. The van der Waals surface area contributed by atoms with E-state index in [0.29, 0.717) is 18.2 Å². The van der Waals surface area contributed by atoms with Crippen LogP contribution in [0.4, 0.5) is 5.69 Å². The number of furan rings is 1. The maximum absolute atomic E-state index is 13.7. The summed E-state index contributed by atoms with van der Waals surface area (Å²) in [6, 6.07) is 17.0. The molecule has 35 heavy (non-hydrogen) atoms. The molecule has 2 aliphatic rings. The summed E-state index contributed by atoms with van der Waals surface area (Å²) >= 11 is 0. The average molecular weight is 518 g/mol. The third kappa shape index (κ3) is 5.32. The van der Waals surface area contributed by atoms with Crippen LogP contribution in [0.3, 0.4) is 0 Å². The molecule has 187 valence electrons. The number of nitrogens with one attached hydrogen (secondary N) is 1. The number of nitrogens with zero attached hydrogens (tertiary/aromatic N) is 1. The zero-order chi connectivity index (χ0) is 23.7. The van der Waals surface area contributed by atoms with Crippen molar-refractivity contribution in [2.45, 2.75) is 57.0 Å². The molecule has 3 aromatic rings. The van der Waals surface area contributed by atoms with Gasteiger partial charge in [-0.25, -0.2) is 0 Å². The zero-order valence-electron chi connectivity index (χ0n) is 19.9. The Labute approximate surface area is 216 Å².